The molecule has 1 aromatic heterocycles. The molecule has 0 unspecified atom stereocenters. The molecule has 0 bridgehead atoms. The SMILES string of the molecule is C=CCN(CCO)S(=O)(=O)c1cc(CNC)oc1C. The number of nitrogens with zero attached hydrogens (tertiary/aromatic N) is 1. The molecule has 0 spiro atoms. The van der Waals surface area contributed by atoms with Gasteiger partial charge < -0.3 is 14.8 Å². The van der Waals surface area contributed by atoms with E-state index in [9.17, 15) is 8.42 Å². The predicted octanol–water partition coefficient (Wildman–Crippen LogP) is 0.476. The number of sulfonamides is 1. The van der Waals surface area contributed by atoms with Gasteiger partial charge in [0.05, 0.1) is 13.2 Å². The molecular weight excluding hydrogens is 268 g/mol. The largest absolute Gasteiger partial charge is 0.464 e. The average Bonchev–Trinajstić information content (AvgIpc) is 2.71. The van der Waals surface area contributed by atoms with E-state index in [1.54, 1.807) is 14.0 Å². The average molecular weight is 288 g/mol. The van der Waals surface area contributed by atoms with E-state index in [-0.39, 0.29) is 24.6 Å². The summed E-state index contributed by atoms with van der Waals surface area (Å²) in [5, 5.41) is 11.9. The summed E-state index contributed by atoms with van der Waals surface area (Å²) in [6.07, 6.45) is 1.48. The molecule has 0 aliphatic rings. The molecule has 0 amide bonds. The molecule has 7 heteroatoms. The standard InChI is InChI=1S/C12H20N2O4S/c1-4-5-14(6-7-15)19(16,17)12-8-11(9-13-3)18-10(12)2/h4,8,13,15H,1,5-7,9H2,2-3H3. The predicted molar refractivity (Wildman–Crippen MR) is 72.3 cm³/mol. The minimum atomic E-state index is -3.67. The van der Waals surface area contributed by atoms with E-state index in [1.807, 2.05) is 0 Å². The van der Waals surface area contributed by atoms with Crippen LogP contribution >= 0.6 is 0 Å². The zero-order chi connectivity index (χ0) is 14.5. The first-order chi connectivity index (χ1) is 8.97. The molecule has 0 aliphatic heterocycles. The third kappa shape index (κ3) is 3.66. The fraction of sp³-hybridized carbons (Fsp3) is 0.500. The molecule has 0 saturated heterocycles. The van der Waals surface area contributed by atoms with Crippen LogP contribution in [-0.4, -0.2) is 44.6 Å². The zero-order valence-corrected chi connectivity index (χ0v) is 12.0. The number of nitrogens with one attached hydrogen (secondary N) is 1. The highest BCUT2D eigenvalue weighted by molar-refractivity contribution is 7.89. The molecule has 108 valence electrons. The number of aliphatic hydroxyl groups excluding tert-OH is 1. The maximum atomic E-state index is 12.4. The second-order valence-electron chi connectivity index (χ2n) is 4.04. The number of hydrogen-bond donors (Lipinski definition) is 2. The summed E-state index contributed by atoms with van der Waals surface area (Å²) in [6, 6.07) is 1.51. The Labute approximate surface area is 113 Å². The van der Waals surface area contributed by atoms with Crippen molar-refractivity contribution in [1.29, 1.82) is 0 Å². The van der Waals surface area contributed by atoms with Gasteiger partial charge in [-0.25, -0.2) is 8.42 Å². The summed E-state index contributed by atoms with van der Waals surface area (Å²) in [4.78, 5) is 0.132. The molecule has 0 atom stereocenters. The molecule has 6 nitrogen and oxygen atoms in total. The van der Waals surface area contributed by atoms with E-state index < -0.39 is 10.0 Å². The lowest BCUT2D eigenvalue weighted by Gasteiger charge is -2.18. The van der Waals surface area contributed by atoms with Gasteiger partial charge in [-0.1, -0.05) is 6.08 Å². The van der Waals surface area contributed by atoms with Crippen molar-refractivity contribution in [1.82, 2.24) is 9.62 Å². The molecule has 0 saturated carbocycles. The van der Waals surface area contributed by atoms with Crippen LogP contribution in [0.4, 0.5) is 0 Å². The number of furan rings is 1. The highest BCUT2D eigenvalue weighted by atomic mass is 32.2. The summed E-state index contributed by atoms with van der Waals surface area (Å²) in [5.41, 5.74) is 0. The summed E-state index contributed by atoms with van der Waals surface area (Å²) < 4.78 is 31.4. The number of aryl methyl sites for hydroxylation is 1. The van der Waals surface area contributed by atoms with Gasteiger partial charge in [0.15, 0.2) is 0 Å². The Hall–Kier alpha value is -1.15. The molecule has 1 rings (SSSR count). The zero-order valence-electron chi connectivity index (χ0n) is 11.2. The van der Waals surface area contributed by atoms with Gasteiger partial charge in [0.25, 0.3) is 0 Å². The fourth-order valence-electron chi connectivity index (χ4n) is 1.75. The minimum absolute atomic E-state index is 0.0281. The van der Waals surface area contributed by atoms with Gasteiger partial charge >= 0.3 is 0 Å². The van der Waals surface area contributed by atoms with Crippen LogP contribution in [0.3, 0.4) is 0 Å². The first-order valence-corrected chi connectivity index (χ1v) is 7.37. The molecule has 1 aromatic rings. The third-order valence-electron chi connectivity index (χ3n) is 2.57. The van der Waals surface area contributed by atoms with Crippen molar-refractivity contribution in [2.45, 2.75) is 18.4 Å². The maximum absolute atomic E-state index is 12.4. The molecule has 19 heavy (non-hydrogen) atoms. The summed E-state index contributed by atoms with van der Waals surface area (Å²) >= 11 is 0. The van der Waals surface area contributed by atoms with E-state index in [0.29, 0.717) is 18.1 Å². The lowest BCUT2D eigenvalue weighted by atomic mass is 10.4. The number of rotatable bonds is 8. The van der Waals surface area contributed by atoms with Crippen molar-refractivity contribution in [3.63, 3.8) is 0 Å². The van der Waals surface area contributed by atoms with Gasteiger partial charge in [-0.15, -0.1) is 6.58 Å². The smallest absolute Gasteiger partial charge is 0.246 e. The van der Waals surface area contributed by atoms with Gasteiger partial charge in [-0.2, -0.15) is 4.31 Å². The molecule has 0 aromatic carbocycles. The van der Waals surface area contributed by atoms with Crippen molar-refractivity contribution < 1.29 is 17.9 Å². The Morgan fingerprint density at radius 2 is 2.26 bits per heavy atom. The molecule has 0 radical (unpaired) electrons. The van der Waals surface area contributed by atoms with Gasteiger partial charge in [-0.3, -0.25) is 0 Å². The van der Waals surface area contributed by atoms with E-state index in [4.69, 9.17) is 9.52 Å². The number of hydrogen-bond acceptors (Lipinski definition) is 5. The Bertz CT molecular complexity index is 522. The molecule has 0 fully saturated rings. The normalized spacial score (nSPS) is 12.0. The molecular formula is C12H20N2O4S. The van der Waals surface area contributed by atoms with Crippen LogP contribution in [0.25, 0.3) is 0 Å². The first kappa shape index (κ1) is 15.9. The Morgan fingerprint density at radius 3 is 2.79 bits per heavy atom. The van der Waals surface area contributed by atoms with Crippen molar-refractivity contribution in [2.75, 3.05) is 26.7 Å². The topological polar surface area (TPSA) is 82.8 Å². The van der Waals surface area contributed by atoms with Crippen LogP contribution in [0.2, 0.25) is 0 Å². The van der Waals surface area contributed by atoms with Crippen LogP contribution in [0.1, 0.15) is 11.5 Å². The van der Waals surface area contributed by atoms with Crippen molar-refractivity contribution in [3.8, 4) is 0 Å². The lowest BCUT2D eigenvalue weighted by molar-refractivity contribution is 0.260. The van der Waals surface area contributed by atoms with E-state index in [1.165, 1.54) is 16.4 Å². The number of aliphatic hydroxyl groups is 1. The lowest BCUT2D eigenvalue weighted by Crippen LogP contribution is -2.33. The highest BCUT2D eigenvalue weighted by Crippen LogP contribution is 2.23. The Balaban J connectivity index is 3.13. The van der Waals surface area contributed by atoms with Gasteiger partial charge in [0.1, 0.15) is 16.4 Å². The van der Waals surface area contributed by atoms with Crippen LogP contribution in [-0.2, 0) is 16.6 Å². The maximum Gasteiger partial charge on any atom is 0.246 e. The highest BCUT2D eigenvalue weighted by Gasteiger charge is 2.27. The molecule has 2 N–H and O–H groups in total. The first-order valence-electron chi connectivity index (χ1n) is 5.93. The van der Waals surface area contributed by atoms with Gasteiger partial charge in [-0.05, 0) is 14.0 Å². The Kier molecular flexibility index (Phi) is 5.74. The van der Waals surface area contributed by atoms with Crippen LogP contribution in [0, 0.1) is 6.92 Å². The third-order valence-corrected chi connectivity index (χ3v) is 4.55. The van der Waals surface area contributed by atoms with E-state index in [2.05, 4.69) is 11.9 Å². The second-order valence-corrected chi connectivity index (χ2v) is 5.95. The van der Waals surface area contributed by atoms with Crippen molar-refractivity contribution in [3.05, 3.63) is 30.2 Å². The van der Waals surface area contributed by atoms with E-state index in [0.717, 1.165) is 0 Å². The minimum Gasteiger partial charge on any atom is -0.464 e. The van der Waals surface area contributed by atoms with Crippen molar-refractivity contribution >= 4 is 10.0 Å². The summed E-state index contributed by atoms with van der Waals surface area (Å²) in [7, 11) is -1.92. The summed E-state index contributed by atoms with van der Waals surface area (Å²) in [5.74, 6) is 0.901. The second kappa shape index (κ2) is 6.85. The fourth-order valence-corrected chi connectivity index (χ4v) is 3.33. The van der Waals surface area contributed by atoms with Gasteiger partial charge in [0, 0.05) is 19.2 Å². The summed E-state index contributed by atoms with van der Waals surface area (Å²) in [6.45, 7) is 5.52. The quantitative estimate of drug-likeness (QED) is 0.680. The van der Waals surface area contributed by atoms with Crippen LogP contribution in [0.15, 0.2) is 28.0 Å². The van der Waals surface area contributed by atoms with Crippen LogP contribution < -0.4 is 5.32 Å². The monoisotopic (exact) mass is 288 g/mol. The Morgan fingerprint density at radius 1 is 1.58 bits per heavy atom. The van der Waals surface area contributed by atoms with Crippen molar-refractivity contribution in [2.24, 2.45) is 0 Å². The van der Waals surface area contributed by atoms with Crippen LogP contribution in [0.5, 0.6) is 0 Å². The van der Waals surface area contributed by atoms with E-state index >= 15 is 0 Å². The molecule has 0 aliphatic carbocycles. The van der Waals surface area contributed by atoms with Gasteiger partial charge in [0.2, 0.25) is 10.0 Å². The molecule has 1 heterocycles.